The molecule has 9 heteroatoms. The number of nitrogens with zero attached hydrogens (tertiary/aromatic N) is 3. The van der Waals surface area contributed by atoms with Gasteiger partial charge >= 0.3 is 11.9 Å². The number of carboxylic acids is 2. The second-order valence-corrected chi connectivity index (χ2v) is 7.84. The Morgan fingerprint density at radius 1 is 1.12 bits per heavy atom. The Hall–Kier alpha value is -3.23. The number of carboxylic acid groups (broad SMARTS) is 2. The molecule has 0 saturated carbocycles. The largest absolute Gasteiger partial charge is 0.473 e. The Bertz CT molecular complexity index is 1190. The van der Waals surface area contributed by atoms with Gasteiger partial charge in [-0.2, -0.15) is 0 Å². The molecule has 32 heavy (non-hydrogen) atoms. The Kier molecular flexibility index (Phi) is 8.51. The first-order valence-electron chi connectivity index (χ1n) is 9.96. The molecule has 0 spiro atoms. The number of aliphatic carboxylic acids is 2. The summed E-state index contributed by atoms with van der Waals surface area (Å²) in [5.74, 6) is -3.65. The van der Waals surface area contributed by atoms with Crippen molar-refractivity contribution in [3.05, 3.63) is 63.0 Å². The number of hydrogen-bond donors (Lipinski definition) is 2. The maximum absolute atomic E-state index is 13.3. The second kappa shape index (κ2) is 10.9. The molecular weight excluding hydrogens is 434 g/mol. The fraction of sp³-hybridized carbons (Fsp3) is 0.304. The number of aromatic nitrogens is 2. The van der Waals surface area contributed by atoms with Crippen molar-refractivity contribution < 1.29 is 19.8 Å². The minimum absolute atomic E-state index is 0.0370. The molecule has 2 N–H and O–H groups in total. The van der Waals surface area contributed by atoms with Gasteiger partial charge in [0.1, 0.15) is 5.65 Å². The molecule has 0 aliphatic rings. The van der Waals surface area contributed by atoms with E-state index in [0.717, 1.165) is 40.0 Å². The van der Waals surface area contributed by atoms with Crippen LogP contribution in [0.15, 0.2) is 41.2 Å². The number of pyridine rings is 2. The number of aryl methyl sites for hydroxylation is 2. The predicted octanol–water partition coefficient (Wildman–Crippen LogP) is 3.30. The van der Waals surface area contributed by atoms with Gasteiger partial charge < -0.3 is 15.1 Å². The average molecular weight is 460 g/mol. The maximum atomic E-state index is 13.3. The molecule has 0 atom stereocenters. The summed E-state index contributed by atoms with van der Waals surface area (Å²) in [7, 11) is 4.03. The van der Waals surface area contributed by atoms with Gasteiger partial charge in [-0.25, -0.2) is 14.6 Å². The van der Waals surface area contributed by atoms with Gasteiger partial charge in [0.25, 0.3) is 5.56 Å². The van der Waals surface area contributed by atoms with Crippen LogP contribution in [0.1, 0.15) is 18.2 Å². The highest BCUT2D eigenvalue weighted by molar-refractivity contribution is 6.31. The van der Waals surface area contributed by atoms with Crippen molar-refractivity contribution in [1.82, 2.24) is 14.5 Å². The van der Waals surface area contributed by atoms with E-state index >= 15 is 0 Å². The van der Waals surface area contributed by atoms with Gasteiger partial charge in [0.2, 0.25) is 0 Å². The van der Waals surface area contributed by atoms with Crippen molar-refractivity contribution in [1.29, 1.82) is 0 Å². The highest BCUT2D eigenvalue weighted by Gasteiger charge is 2.19. The number of likely N-dealkylation sites (N-methyl/N-ethyl adjacent to an activating group) is 1. The number of halogens is 1. The summed E-state index contributed by atoms with van der Waals surface area (Å²) in [6.45, 7) is 5.33. The van der Waals surface area contributed by atoms with E-state index in [0.29, 0.717) is 18.0 Å². The smallest absolute Gasteiger partial charge is 0.414 e. The van der Waals surface area contributed by atoms with Gasteiger partial charge in [0.15, 0.2) is 0 Å². The van der Waals surface area contributed by atoms with Crippen molar-refractivity contribution in [3.63, 3.8) is 0 Å². The van der Waals surface area contributed by atoms with E-state index in [2.05, 4.69) is 16.0 Å². The van der Waals surface area contributed by atoms with Gasteiger partial charge in [-0.3, -0.25) is 9.36 Å². The van der Waals surface area contributed by atoms with Crippen LogP contribution < -0.4 is 5.56 Å². The lowest BCUT2D eigenvalue weighted by Crippen LogP contribution is -2.28. The maximum Gasteiger partial charge on any atom is 0.414 e. The van der Waals surface area contributed by atoms with E-state index in [-0.39, 0.29) is 5.56 Å². The van der Waals surface area contributed by atoms with Crippen molar-refractivity contribution >= 4 is 34.6 Å². The summed E-state index contributed by atoms with van der Waals surface area (Å²) in [5, 5.41) is 16.4. The van der Waals surface area contributed by atoms with Crippen LogP contribution in [-0.2, 0) is 22.6 Å². The lowest BCUT2D eigenvalue weighted by atomic mass is 9.95. The van der Waals surface area contributed by atoms with Crippen LogP contribution in [0.4, 0.5) is 0 Å². The molecule has 170 valence electrons. The minimum Gasteiger partial charge on any atom is -0.473 e. The van der Waals surface area contributed by atoms with E-state index < -0.39 is 11.9 Å². The third kappa shape index (κ3) is 5.93. The van der Waals surface area contributed by atoms with E-state index in [1.165, 1.54) is 0 Å². The quantitative estimate of drug-likeness (QED) is 0.563. The fourth-order valence-electron chi connectivity index (χ4n) is 3.31. The molecule has 2 aromatic heterocycles. The molecule has 2 heterocycles. The Morgan fingerprint density at radius 2 is 1.78 bits per heavy atom. The summed E-state index contributed by atoms with van der Waals surface area (Å²) in [4.78, 5) is 38.3. The Balaban J connectivity index is 0.000000534. The molecule has 3 aromatic rings. The summed E-state index contributed by atoms with van der Waals surface area (Å²) < 4.78 is 1.78. The standard InChI is InChI=1S/C21H24ClN3O.C2H2O4/c1-5-25-20-17(10-9-14(2)23-20)19(15-7-6-8-16(22)13-15)18(21(25)26)11-12-24(3)4;3-1(4)2(5)6/h6-10,13H,5,11-12H2,1-4H3;(H,3,4)(H,5,6). The summed E-state index contributed by atoms with van der Waals surface area (Å²) in [6.07, 6.45) is 0.678. The van der Waals surface area contributed by atoms with E-state index in [4.69, 9.17) is 31.4 Å². The van der Waals surface area contributed by atoms with Crippen molar-refractivity contribution in [3.8, 4) is 11.1 Å². The first-order chi connectivity index (χ1) is 15.1. The molecule has 1 aromatic carbocycles. The van der Waals surface area contributed by atoms with Crippen LogP contribution in [0, 0.1) is 6.92 Å². The minimum atomic E-state index is -1.82. The van der Waals surface area contributed by atoms with Gasteiger partial charge in [0, 0.05) is 40.3 Å². The van der Waals surface area contributed by atoms with Gasteiger partial charge in [0.05, 0.1) is 0 Å². The summed E-state index contributed by atoms with van der Waals surface area (Å²) >= 11 is 6.24. The van der Waals surface area contributed by atoms with Gasteiger partial charge in [-0.1, -0.05) is 23.7 Å². The third-order valence-corrected chi connectivity index (χ3v) is 5.00. The lowest BCUT2D eigenvalue weighted by molar-refractivity contribution is -0.159. The lowest BCUT2D eigenvalue weighted by Gasteiger charge is -2.18. The monoisotopic (exact) mass is 459 g/mol. The van der Waals surface area contributed by atoms with Crippen LogP contribution in [0.25, 0.3) is 22.2 Å². The van der Waals surface area contributed by atoms with E-state index in [1.807, 2.05) is 58.3 Å². The first-order valence-corrected chi connectivity index (χ1v) is 10.3. The highest BCUT2D eigenvalue weighted by atomic mass is 35.5. The van der Waals surface area contributed by atoms with Crippen molar-refractivity contribution in [2.45, 2.75) is 26.8 Å². The molecule has 8 nitrogen and oxygen atoms in total. The Morgan fingerprint density at radius 3 is 2.31 bits per heavy atom. The third-order valence-electron chi connectivity index (χ3n) is 4.77. The molecule has 0 unspecified atom stereocenters. The number of carbonyl (C=O) groups is 2. The second-order valence-electron chi connectivity index (χ2n) is 7.40. The molecule has 0 amide bonds. The zero-order chi connectivity index (χ0) is 24.0. The zero-order valence-electron chi connectivity index (χ0n) is 18.4. The van der Waals surface area contributed by atoms with Gasteiger partial charge in [-0.15, -0.1) is 0 Å². The van der Waals surface area contributed by atoms with Crippen LogP contribution >= 0.6 is 11.6 Å². The van der Waals surface area contributed by atoms with Crippen molar-refractivity contribution in [2.24, 2.45) is 0 Å². The number of fused-ring (bicyclic) bond motifs is 1. The molecule has 0 radical (unpaired) electrons. The molecule has 0 aliphatic heterocycles. The molecule has 0 saturated heterocycles. The fourth-order valence-corrected chi connectivity index (χ4v) is 3.50. The summed E-state index contributed by atoms with van der Waals surface area (Å²) in [5.41, 5.74) is 4.41. The number of hydrogen-bond acceptors (Lipinski definition) is 5. The van der Waals surface area contributed by atoms with Crippen molar-refractivity contribution in [2.75, 3.05) is 20.6 Å². The van der Waals surface area contributed by atoms with E-state index in [1.54, 1.807) is 4.57 Å². The number of rotatable bonds is 5. The van der Waals surface area contributed by atoms with Crippen LogP contribution in [-0.4, -0.2) is 57.2 Å². The van der Waals surface area contributed by atoms with Crippen LogP contribution in [0.5, 0.6) is 0 Å². The normalized spacial score (nSPS) is 10.7. The summed E-state index contributed by atoms with van der Waals surface area (Å²) in [6, 6.07) is 11.8. The highest BCUT2D eigenvalue weighted by Crippen LogP contribution is 2.32. The zero-order valence-corrected chi connectivity index (χ0v) is 19.2. The van der Waals surface area contributed by atoms with Crippen LogP contribution in [0.3, 0.4) is 0 Å². The van der Waals surface area contributed by atoms with Gasteiger partial charge in [-0.05, 0) is 64.2 Å². The SMILES string of the molecule is CCn1c(=O)c(CCN(C)C)c(-c2cccc(Cl)c2)c2ccc(C)nc21.O=C(O)C(=O)O. The molecule has 0 bridgehead atoms. The first kappa shape index (κ1) is 25.0. The predicted molar refractivity (Wildman–Crippen MR) is 124 cm³/mol. The number of benzene rings is 1. The van der Waals surface area contributed by atoms with E-state index in [9.17, 15) is 4.79 Å². The molecular formula is C23H26ClN3O5. The molecule has 0 fully saturated rings. The molecule has 3 rings (SSSR count). The average Bonchev–Trinajstić information content (AvgIpc) is 2.72. The Labute approximate surface area is 190 Å². The topological polar surface area (TPSA) is 113 Å². The molecule has 0 aliphatic carbocycles. The van der Waals surface area contributed by atoms with Crippen LogP contribution in [0.2, 0.25) is 5.02 Å².